The van der Waals surface area contributed by atoms with Gasteiger partial charge in [-0.3, -0.25) is 14.4 Å². The van der Waals surface area contributed by atoms with Gasteiger partial charge in [0, 0.05) is 41.9 Å². The predicted octanol–water partition coefficient (Wildman–Crippen LogP) is 5.69. The number of amides is 3. The number of thiophene rings is 1. The summed E-state index contributed by atoms with van der Waals surface area (Å²) in [6.45, 7) is 5.62. The highest BCUT2D eigenvalue weighted by Gasteiger charge is 2.44. The molecule has 1 atom stereocenters. The molecule has 46 heavy (non-hydrogen) atoms. The van der Waals surface area contributed by atoms with Gasteiger partial charge < -0.3 is 25.6 Å². The van der Waals surface area contributed by atoms with Gasteiger partial charge in [0.05, 0.1) is 4.88 Å². The molecule has 10 heteroatoms. The number of hydrogen-bond acceptors (Lipinski definition) is 6. The number of nitrogens with zero attached hydrogens (tertiary/aromatic N) is 1. The Balaban J connectivity index is 1.08. The van der Waals surface area contributed by atoms with E-state index in [-0.39, 0.29) is 17.7 Å². The van der Waals surface area contributed by atoms with Crippen molar-refractivity contribution < 1.29 is 19.1 Å². The van der Waals surface area contributed by atoms with E-state index in [0.717, 1.165) is 97.4 Å². The van der Waals surface area contributed by atoms with E-state index in [1.807, 2.05) is 54.6 Å². The summed E-state index contributed by atoms with van der Waals surface area (Å²) >= 11 is 4.99. The van der Waals surface area contributed by atoms with E-state index < -0.39 is 11.6 Å². The molecule has 0 unspecified atom stereocenters. The second-order valence-electron chi connectivity index (χ2n) is 13.3. The topological polar surface area (TPSA) is 99.8 Å². The molecule has 6 rings (SSSR count). The van der Waals surface area contributed by atoms with Crippen molar-refractivity contribution in [3.8, 4) is 0 Å². The van der Waals surface area contributed by atoms with Crippen LogP contribution in [0.2, 0.25) is 0 Å². The number of ether oxygens (including phenoxy) is 1. The van der Waals surface area contributed by atoms with Crippen LogP contribution in [0.1, 0.15) is 66.6 Å². The highest BCUT2D eigenvalue weighted by atomic mass is 79.9. The minimum atomic E-state index is -1.04. The Kier molecular flexibility index (Phi) is 11.1. The van der Waals surface area contributed by atoms with Gasteiger partial charge in [0.2, 0.25) is 11.8 Å². The fourth-order valence-electron chi connectivity index (χ4n) is 7.20. The normalized spacial score (nSPS) is 19.9. The van der Waals surface area contributed by atoms with Crippen molar-refractivity contribution in [2.24, 2.45) is 11.8 Å². The summed E-state index contributed by atoms with van der Waals surface area (Å²) in [6.07, 6.45) is 7.58. The number of likely N-dealkylation sites (tertiary alicyclic amines) is 1. The number of carbonyl (C=O) groups is 3. The van der Waals surface area contributed by atoms with Gasteiger partial charge in [0.1, 0.15) is 11.6 Å². The van der Waals surface area contributed by atoms with Gasteiger partial charge in [-0.1, -0.05) is 55.3 Å². The summed E-state index contributed by atoms with van der Waals surface area (Å²) in [5.74, 6) is 0.448. The number of hydrogen-bond donors (Lipinski definition) is 3. The Bertz CT molecular complexity index is 1490. The third-order valence-electron chi connectivity index (χ3n) is 10.00. The zero-order valence-corrected chi connectivity index (χ0v) is 28.8. The van der Waals surface area contributed by atoms with Gasteiger partial charge in [0.15, 0.2) is 0 Å². The SMILES string of the molecule is O=C(NC1(C(=O)N[C@H](Cc2ccccc2)C(=O)NCC2CCN(CC3CCOCC3)CC2)CCCC1)c1cc2cccc(Br)c2s1. The van der Waals surface area contributed by atoms with E-state index in [0.29, 0.717) is 36.6 Å². The lowest BCUT2D eigenvalue weighted by Gasteiger charge is -2.35. The fraction of sp³-hybridized carbons (Fsp3) is 0.528. The van der Waals surface area contributed by atoms with Crippen LogP contribution in [-0.2, 0) is 20.7 Å². The Morgan fingerprint density at radius 1 is 0.957 bits per heavy atom. The maximum Gasteiger partial charge on any atom is 0.262 e. The molecular weight excluding hydrogens is 664 g/mol. The van der Waals surface area contributed by atoms with Crippen molar-refractivity contribution in [3.63, 3.8) is 0 Å². The van der Waals surface area contributed by atoms with Crippen LogP contribution in [0.3, 0.4) is 0 Å². The van der Waals surface area contributed by atoms with Crippen LogP contribution < -0.4 is 16.0 Å². The average molecular weight is 710 g/mol. The Morgan fingerprint density at radius 2 is 1.70 bits per heavy atom. The van der Waals surface area contributed by atoms with E-state index in [1.54, 1.807) is 0 Å². The van der Waals surface area contributed by atoms with E-state index in [1.165, 1.54) is 11.3 Å². The summed E-state index contributed by atoms with van der Waals surface area (Å²) in [5.41, 5.74) is -0.0680. The maximum atomic E-state index is 14.0. The number of nitrogens with one attached hydrogen (secondary N) is 3. The second kappa shape index (κ2) is 15.4. The van der Waals surface area contributed by atoms with Crippen LogP contribution in [-0.4, -0.2) is 73.6 Å². The van der Waals surface area contributed by atoms with E-state index in [2.05, 4.69) is 36.8 Å². The molecule has 3 aromatic rings. The molecule has 1 aromatic heterocycles. The first-order valence-corrected chi connectivity index (χ1v) is 18.4. The minimum absolute atomic E-state index is 0.171. The highest BCUT2D eigenvalue weighted by molar-refractivity contribution is 9.10. The summed E-state index contributed by atoms with van der Waals surface area (Å²) in [4.78, 5) is 44.4. The smallest absolute Gasteiger partial charge is 0.262 e. The zero-order chi connectivity index (χ0) is 31.9. The number of benzene rings is 2. The van der Waals surface area contributed by atoms with Gasteiger partial charge in [-0.25, -0.2) is 0 Å². The monoisotopic (exact) mass is 708 g/mol. The van der Waals surface area contributed by atoms with Gasteiger partial charge >= 0.3 is 0 Å². The number of carbonyl (C=O) groups excluding carboxylic acids is 3. The van der Waals surface area contributed by atoms with Crippen LogP contribution in [0.25, 0.3) is 10.1 Å². The summed E-state index contributed by atoms with van der Waals surface area (Å²) in [5, 5.41) is 10.4. The molecule has 246 valence electrons. The zero-order valence-electron chi connectivity index (χ0n) is 26.4. The number of piperidine rings is 1. The summed E-state index contributed by atoms with van der Waals surface area (Å²) in [7, 11) is 0. The number of rotatable bonds is 11. The highest BCUT2D eigenvalue weighted by Crippen LogP contribution is 2.34. The van der Waals surface area contributed by atoms with Crippen molar-refractivity contribution in [2.45, 2.75) is 69.4 Å². The van der Waals surface area contributed by atoms with Crippen molar-refractivity contribution >= 4 is 55.1 Å². The van der Waals surface area contributed by atoms with Crippen LogP contribution in [0, 0.1) is 11.8 Å². The quantitative estimate of drug-likeness (QED) is 0.238. The number of halogens is 1. The molecule has 0 bridgehead atoms. The van der Waals surface area contributed by atoms with Crippen LogP contribution in [0.15, 0.2) is 59.1 Å². The molecule has 2 saturated heterocycles. The lowest BCUT2D eigenvalue weighted by Crippen LogP contribution is -2.61. The first-order chi connectivity index (χ1) is 22.4. The van der Waals surface area contributed by atoms with Gasteiger partial charge in [0.25, 0.3) is 5.91 Å². The average Bonchev–Trinajstić information content (AvgIpc) is 3.74. The minimum Gasteiger partial charge on any atom is -0.381 e. The van der Waals surface area contributed by atoms with Crippen molar-refractivity contribution in [1.29, 1.82) is 0 Å². The molecule has 3 N–H and O–H groups in total. The Morgan fingerprint density at radius 3 is 2.41 bits per heavy atom. The Hall–Kier alpha value is -2.79. The van der Waals surface area contributed by atoms with E-state index in [9.17, 15) is 14.4 Å². The first kappa shape index (κ1) is 33.1. The molecule has 1 saturated carbocycles. The molecule has 3 aliphatic rings. The van der Waals surface area contributed by atoms with Crippen molar-refractivity contribution in [1.82, 2.24) is 20.9 Å². The van der Waals surface area contributed by atoms with Gasteiger partial charge in [-0.2, -0.15) is 0 Å². The van der Waals surface area contributed by atoms with Gasteiger partial charge in [-0.15, -0.1) is 11.3 Å². The second-order valence-corrected chi connectivity index (χ2v) is 15.2. The summed E-state index contributed by atoms with van der Waals surface area (Å²) < 4.78 is 7.46. The molecule has 3 fully saturated rings. The largest absolute Gasteiger partial charge is 0.381 e. The van der Waals surface area contributed by atoms with Crippen molar-refractivity contribution in [2.75, 3.05) is 39.4 Å². The molecule has 1 aliphatic carbocycles. The lowest BCUT2D eigenvalue weighted by molar-refractivity contribution is -0.132. The number of fused-ring (bicyclic) bond motifs is 1. The molecule has 3 amide bonds. The van der Waals surface area contributed by atoms with E-state index in [4.69, 9.17) is 4.74 Å². The molecule has 0 radical (unpaired) electrons. The third-order valence-corrected chi connectivity index (χ3v) is 12.1. The predicted molar refractivity (Wildman–Crippen MR) is 186 cm³/mol. The fourth-order valence-corrected chi connectivity index (χ4v) is 8.78. The standard InChI is InChI=1S/C36H45BrN4O4S/c37-29-10-6-9-28-22-31(46-32(28)29)34(43)40-36(15-4-5-16-36)35(44)39-30(21-25-7-2-1-3-8-25)33(42)38-23-26-11-17-41(18-12-26)24-27-13-19-45-20-14-27/h1-3,6-10,22,26-27,30H,4-5,11-21,23-24H2,(H,38,42)(H,39,44)(H,40,43)/t30-/m1/s1. The van der Waals surface area contributed by atoms with Crippen LogP contribution in [0.5, 0.6) is 0 Å². The molecule has 2 aliphatic heterocycles. The summed E-state index contributed by atoms with van der Waals surface area (Å²) in [6, 6.07) is 16.8. The molecule has 3 heterocycles. The van der Waals surface area contributed by atoms with Crippen LogP contribution >= 0.6 is 27.3 Å². The molecule has 8 nitrogen and oxygen atoms in total. The van der Waals surface area contributed by atoms with Gasteiger partial charge in [-0.05, 0) is 102 Å². The molecule has 2 aromatic carbocycles. The molecular formula is C36H45BrN4O4S. The van der Waals surface area contributed by atoms with Crippen LogP contribution in [0.4, 0.5) is 0 Å². The maximum absolute atomic E-state index is 14.0. The first-order valence-electron chi connectivity index (χ1n) is 16.8. The Labute approximate surface area is 284 Å². The van der Waals surface area contributed by atoms with Crippen molar-refractivity contribution in [3.05, 3.63) is 69.5 Å². The third kappa shape index (κ3) is 8.19. The molecule has 0 spiro atoms. The lowest BCUT2D eigenvalue weighted by atomic mass is 9.93. The van der Waals surface area contributed by atoms with E-state index >= 15 is 0 Å².